The van der Waals surface area contributed by atoms with E-state index in [0.29, 0.717) is 10.3 Å². The molecule has 2 aromatic rings. The van der Waals surface area contributed by atoms with E-state index in [-0.39, 0.29) is 28.6 Å². The number of carbonyl (C=O) groups is 1. The fourth-order valence-corrected chi connectivity index (χ4v) is 1.96. The zero-order chi connectivity index (χ0) is 22.8. The van der Waals surface area contributed by atoms with Crippen molar-refractivity contribution in [1.29, 1.82) is 0 Å². The first-order valence-corrected chi connectivity index (χ1v) is 6.47. The first-order chi connectivity index (χ1) is 13.7. The predicted octanol–water partition coefficient (Wildman–Crippen LogP) is 1.92. The lowest BCUT2D eigenvalue weighted by atomic mass is 10.0. The number of benzene rings is 1. The number of H-pyrrole nitrogens is 1. The van der Waals surface area contributed by atoms with Gasteiger partial charge in [-0.15, -0.1) is 0 Å². The molecule has 5 nitrogen and oxygen atoms in total. The number of alkyl carbamates (subject to hydrolysis) is 1. The quantitative estimate of drug-likeness (QED) is 0.886. The summed E-state index contributed by atoms with van der Waals surface area (Å²) in [5.41, 5.74) is -0.635. The summed E-state index contributed by atoms with van der Waals surface area (Å²) in [6.07, 6.45) is -4.17. The van der Waals surface area contributed by atoms with Gasteiger partial charge in [-0.25, -0.2) is 4.79 Å². The molecule has 0 saturated carbocycles. The molecule has 5 heteroatoms. The molecule has 3 rings (SSSR count). The van der Waals surface area contributed by atoms with Crippen molar-refractivity contribution in [3.05, 3.63) is 35.4 Å². The van der Waals surface area contributed by atoms with Gasteiger partial charge in [0.2, 0.25) is 0 Å². The molecule has 1 aliphatic heterocycles. The maximum absolute atomic E-state index is 11.5. The zero-order valence-corrected chi connectivity index (χ0v) is 11.8. The first kappa shape index (κ1) is 6.83. The lowest BCUT2D eigenvalue weighted by molar-refractivity contribution is 0.177. The summed E-state index contributed by atoms with van der Waals surface area (Å²) < 4.78 is 79.2. The minimum atomic E-state index is -2.14. The van der Waals surface area contributed by atoms with E-state index >= 15 is 0 Å². The summed E-state index contributed by atoms with van der Waals surface area (Å²) in [6, 6.07) is -3.28. The van der Waals surface area contributed by atoms with Crippen LogP contribution < -0.4 is 5.31 Å². The van der Waals surface area contributed by atoms with Gasteiger partial charge in [0.1, 0.15) is 6.61 Å². The molecular weight excluding hydrogens is 266 g/mol. The third-order valence-electron chi connectivity index (χ3n) is 2.94. The van der Waals surface area contributed by atoms with Crippen molar-refractivity contribution in [2.45, 2.75) is 18.8 Å². The standard InChI is InChI=1S/C16H21N3O2/c1-19(2)6-5-12-9-17-15-4-3-11(8-14(12)15)7-13-10-21-16(20)18-13/h3-4,8-9,13,17H,5-7,10H2,1-2H3,(H,18,20)/t13-/m0/s1/i3D,4D,5D2,8D,9D,13D/hD2. The van der Waals surface area contributed by atoms with Gasteiger partial charge < -0.3 is 19.9 Å². The summed E-state index contributed by atoms with van der Waals surface area (Å²) in [6.45, 7) is -0.606. The fourth-order valence-electron chi connectivity index (χ4n) is 1.96. The number of likely N-dealkylation sites (N-methyl/N-ethyl adjacent to an activating group) is 1. The number of amides is 1. The van der Waals surface area contributed by atoms with Crippen LogP contribution in [0.3, 0.4) is 0 Å². The van der Waals surface area contributed by atoms with E-state index in [9.17, 15) is 4.79 Å². The average molecular weight is 296 g/mol. The molecular formula is C16H21N3O2. The van der Waals surface area contributed by atoms with Gasteiger partial charge in [0, 0.05) is 26.4 Å². The van der Waals surface area contributed by atoms with Gasteiger partial charge in [-0.1, -0.05) is 6.04 Å². The molecule has 0 bridgehead atoms. The van der Waals surface area contributed by atoms with Crippen molar-refractivity contribution in [3.63, 3.8) is 0 Å². The molecule has 1 aliphatic rings. The van der Waals surface area contributed by atoms with Gasteiger partial charge in [-0.2, -0.15) is 0 Å². The number of hydrogen-bond acceptors (Lipinski definition) is 3. The Bertz CT molecular complexity index is 1040. The van der Waals surface area contributed by atoms with Gasteiger partial charge in [-0.05, 0) is 50.1 Å². The second kappa shape index (κ2) is 5.77. The third kappa shape index (κ3) is 3.19. The van der Waals surface area contributed by atoms with Gasteiger partial charge in [0.15, 0.2) is 2.82 Å². The summed E-state index contributed by atoms with van der Waals surface area (Å²) in [7, 11) is 3.27. The maximum Gasteiger partial charge on any atom is 0.407 e. The van der Waals surface area contributed by atoms with Crippen LogP contribution >= 0.6 is 0 Å². The highest BCUT2D eigenvalue weighted by molar-refractivity contribution is 5.84. The Labute approximate surface area is 137 Å². The number of aromatic nitrogens is 1. The van der Waals surface area contributed by atoms with Crippen molar-refractivity contribution in [2.24, 2.45) is 0 Å². The highest BCUT2D eigenvalue weighted by Crippen LogP contribution is 2.21. The Hall–Kier alpha value is -2.01. The van der Waals surface area contributed by atoms with Crippen LogP contribution in [0, 0.1) is 0 Å². The third-order valence-corrected chi connectivity index (χ3v) is 2.94. The minimum Gasteiger partial charge on any atom is -0.447 e. The van der Waals surface area contributed by atoms with E-state index < -0.39 is 55.8 Å². The molecule has 1 aromatic carbocycles. The Balaban J connectivity index is 2.30. The first-order valence-electron chi connectivity index (χ1n) is 10.9. The van der Waals surface area contributed by atoms with Gasteiger partial charge in [0.25, 0.3) is 0 Å². The molecule has 1 aromatic heterocycles. The number of hydrogen-bond donors (Lipinski definition) is 2. The number of aromatic amines is 1. The highest BCUT2D eigenvalue weighted by Gasteiger charge is 2.22. The van der Waals surface area contributed by atoms with Crippen LogP contribution in [0.15, 0.2) is 24.3 Å². The van der Waals surface area contributed by atoms with Crippen molar-refractivity contribution >= 4 is 17.0 Å². The van der Waals surface area contributed by atoms with Crippen molar-refractivity contribution in [2.75, 3.05) is 27.2 Å². The number of rotatable bonds is 5. The lowest BCUT2D eigenvalue weighted by Gasteiger charge is -2.09. The molecule has 112 valence electrons. The summed E-state index contributed by atoms with van der Waals surface area (Å²) in [4.78, 5) is 13.6. The van der Waals surface area contributed by atoms with Crippen LogP contribution in [0.4, 0.5) is 4.79 Å². The molecule has 1 atom stereocenters. The van der Waals surface area contributed by atoms with Gasteiger partial charge >= 0.3 is 6.09 Å². The normalized spacial score (nSPS) is 29.0. The van der Waals surface area contributed by atoms with Crippen molar-refractivity contribution < 1.29 is 22.0 Å². The fraction of sp³-hybridized carbons (Fsp3) is 0.438. The van der Waals surface area contributed by atoms with E-state index in [1.807, 2.05) is 0 Å². The number of nitrogens with one attached hydrogen (secondary N) is 2. The Morgan fingerprint density at radius 2 is 2.48 bits per heavy atom. The number of cyclic esters (lactones) is 1. The van der Waals surface area contributed by atoms with E-state index in [1.165, 1.54) is 0 Å². The monoisotopic (exact) mass is 296 g/mol. The van der Waals surface area contributed by atoms with Crippen molar-refractivity contribution in [1.82, 2.24) is 15.2 Å². The summed E-state index contributed by atoms with van der Waals surface area (Å²) >= 11 is 0. The topological polar surface area (TPSA) is 57.4 Å². The Morgan fingerprint density at radius 3 is 3.19 bits per heavy atom. The smallest absolute Gasteiger partial charge is 0.407 e. The Kier molecular flexibility index (Phi) is 1.88. The highest BCUT2D eigenvalue weighted by atomic mass is 16.6. The number of carbonyl (C=O) groups excluding carboxylic acids is 1. The largest absolute Gasteiger partial charge is 0.447 e. The molecule has 0 unspecified atom stereocenters. The average Bonchev–Trinajstić information content (AvgIpc) is 3.05. The van der Waals surface area contributed by atoms with Crippen LogP contribution in [-0.2, 0) is 17.5 Å². The summed E-state index contributed by atoms with van der Waals surface area (Å²) in [5, 5.41) is 0.153. The van der Waals surface area contributed by atoms with E-state index in [2.05, 4.69) is 0 Å². The second-order valence-corrected chi connectivity index (χ2v) is 5.00. The molecule has 1 amide bonds. The van der Waals surface area contributed by atoms with E-state index in [4.69, 9.17) is 17.2 Å². The molecule has 0 radical (unpaired) electrons. The number of ether oxygens (including phenoxy) is 1. The number of fused-ring (bicyclic) bond motifs is 1. The lowest BCUT2D eigenvalue weighted by Crippen LogP contribution is -2.28. The van der Waals surface area contributed by atoms with Gasteiger partial charge in [-0.3, -0.25) is 0 Å². The minimum absolute atomic E-state index is 0.145. The molecule has 2 N–H and O–H groups in total. The molecule has 0 spiro atoms. The van der Waals surface area contributed by atoms with E-state index in [0.717, 1.165) is 0 Å². The van der Waals surface area contributed by atoms with Crippen molar-refractivity contribution in [3.8, 4) is 0 Å². The molecule has 1 fully saturated rings. The molecule has 21 heavy (non-hydrogen) atoms. The summed E-state index contributed by atoms with van der Waals surface area (Å²) in [5.74, 6) is 0. The SMILES string of the molecule is [2H]c1c(C[C@@]2([2H])COC(=O)N2[2H])c([2H])c2c(C([2H])([2H])CN(C)C)c([2H])n([2H])c2c1[2H]. The zero-order valence-electron chi connectivity index (χ0n) is 20.8. The van der Waals surface area contributed by atoms with Crippen LogP contribution in [0.1, 0.15) is 20.7 Å². The Morgan fingerprint density at radius 1 is 1.62 bits per heavy atom. The predicted molar refractivity (Wildman–Crippen MR) is 82.5 cm³/mol. The van der Waals surface area contributed by atoms with E-state index in [1.54, 1.807) is 19.0 Å². The van der Waals surface area contributed by atoms with Gasteiger partial charge in [0.05, 0.1) is 12.9 Å². The molecule has 2 heterocycles. The van der Waals surface area contributed by atoms with Crippen LogP contribution in [0.5, 0.6) is 0 Å². The maximum atomic E-state index is 11.5. The number of nitrogens with zero attached hydrogens (tertiary/aromatic N) is 1. The van der Waals surface area contributed by atoms with Crippen LogP contribution in [0.25, 0.3) is 10.9 Å². The van der Waals surface area contributed by atoms with Crippen LogP contribution in [0.2, 0.25) is 2.82 Å². The van der Waals surface area contributed by atoms with Crippen LogP contribution in [-0.4, -0.2) is 49.2 Å². The molecule has 1 saturated heterocycles. The molecule has 0 aliphatic carbocycles. The second-order valence-electron chi connectivity index (χ2n) is 5.00.